The molecule has 0 saturated carbocycles. The lowest BCUT2D eigenvalue weighted by Gasteiger charge is -2.21. The van der Waals surface area contributed by atoms with Crippen molar-refractivity contribution in [1.29, 1.82) is 0 Å². The highest BCUT2D eigenvalue weighted by molar-refractivity contribution is 7.47. The molecule has 0 heterocycles. The standard InChI is InChI=1S/C81H142O17P2/c1-5-9-13-17-21-25-29-33-37-41-45-49-53-57-61-65-78(83)91-71-76(97-80(85)67-63-59-55-51-47-43-39-35-31-27-23-19-15-11-7-3)73-95-99(87,88)93-69-75(82)70-94-100(89,90)96-74-77(98-81(86)68-64-60-56-52-48-44-40-36-32-28-24-20-16-12-8-4)72-92-79(84)66-62-58-54-50-46-42-38-34-30-26-22-18-14-10-6-2/h21-28,33-40,75-77,82H,5-20,29-32,41-74H2,1-4H3,(H,87,88)(H,89,90)/b25-21+,26-22+,27-23+,28-24+,37-33-,38-34+,39-35-,40-36+/t75?,76-,77-/m1/s1. The lowest BCUT2D eigenvalue weighted by molar-refractivity contribution is -0.161. The molecule has 0 spiro atoms. The SMILES string of the molecule is CCCCC/C=C/C/C=C\CCCCCCCC(=O)OC[C@H](COP(=O)(O)OCC(O)COP(=O)(O)OC[C@@H](COC(=O)CCCCCCC/C=C/C/C=C/CCCCC)OC(=O)CCCCCCC/C=C/C/C=C/CCCCC)OC(=O)CCCCCCC/C=C\C/C=C/CCCCC. The molecule has 0 aromatic carbocycles. The van der Waals surface area contributed by atoms with Crippen LogP contribution < -0.4 is 0 Å². The van der Waals surface area contributed by atoms with Crippen molar-refractivity contribution in [3.05, 3.63) is 97.2 Å². The number of phosphoric ester groups is 2. The third-order valence-corrected chi connectivity index (χ3v) is 18.4. The Hall–Kier alpha value is -4.02. The summed E-state index contributed by atoms with van der Waals surface area (Å²) in [4.78, 5) is 72.9. The maximum absolute atomic E-state index is 13.1. The van der Waals surface area contributed by atoms with Crippen molar-refractivity contribution in [2.45, 2.75) is 354 Å². The van der Waals surface area contributed by atoms with E-state index in [1.54, 1.807) is 0 Å². The second kappa shape index (κ2) is 73.3. The van der Waals surface area contributed by atoms with Crippen LogP contribution in [0.1, 0.15) is 336 Å². The number of hydrogen-bond donors (Lipinski definition) is 3. The molecule has 0 aliphatic carbocycles. The van der Waals surface area contributed by atoms with Crippen molar-refractivity contribution >= 4 is 39.5 Å². The largest absolute Gasteiger partial charge is 0.472 e. The van der Waals surface area contributed by atoms with Gasteiger partial charge in [-0.05, 0) is 154 Å². The molecule has 100 heavy (non-hydrogen) atoms. The summed E-state index contributed by atoms with van der Waals surface area (Å²) in [7, 11) is -9.97. The van der Waals surface area contributed by atoms with Crippen LogP contribution in [-0.2, 0) is 65.4 Å². The van der Waals surface area contributed by atoms with E-state index in [0.29, 0.717) is 25.7 Å². The Morgan fingerprint density at radius 1 is 0.280 bits per heavy atom. The third kappa shape index (κ3) is 72.3. The number of esters is 4. The van der Waals surface area contributed by atoms with E-state index in [1.807, 2.05) is 0 Å². The number of ether oxygens (including phenoxy) is 4. The van der Waals surface area contributed by atoms with Gasteiger partial charge >= 0.3 is 39.5 Å². The Bertz CT molecular complexity index is 2120. The van der Waals surface area contributed by atoms with Gasteiger partial charge in [0.25, 0.3) is 0 Å². The van der Waals surface area contributed by atoms with Crippen molar-refractivity contribution in [1.82, 2.24) is 0 Å². The summed E-state index contributed by atoms with van der Waals surface area (Å²) in [5, 5.41) is 10.6. The first-order valence-electron chi connectivity index (χ1n) is 39.5. The Morgan fingerprint density at radius 3 is 0.740 bits per heavy atom. The third-order valence-electron chi connectivity index (χ3n) is 16.5. The summed E-state index contributed by atoms with van der Waals surface area (Å²) in [5.41, 5.74) is 0. The first-order valence-corrected chi connectivity index (χ1v) is 42.5. The van der Waals surface area contributed by atoms with Crippen LogP contribution in [0.4, 0.5) is 0 Å². The molecular formula is C81H142O17P2. The zero-order valence-electron chi connectivity index (χ0n) is 63.1. The fourth-order valence-corrected chi connectivity index (χ4v) is 12.0. The number of rotatable bonds is 74. The molecule has 0 saturated heterocycles. The molecule has 0 bridgehead atoms. The summed E-state index contributed by atoms with van der Waals surface area (Å²) in [6, 6.07) is 0. The molecule has 3 unspecified atom stereocenters. The van der Waals surface area contributed by atoms with E-state index in [1.165, 1.54) is 77.0 Å². The Morgan fingerprint density at radius 2 is 0.490 bits per heavy atom. The van der Waals surface area contributed by atoms with Gasteiger partial charge in [0.1, 0.15) is 19.3 Å². The van der Waals surface area contributed by atoms with E-state index in [9.17, 15) is 43.2 Å². The smallest absolute Gasteiger partial charge is 0.462 e. The summed E-state index contributed by atoms with van der Waals surface area (Å²) >= 11 is 0. The van der Waals surface area contributed by atoms with Crippen LogP contribution in [0.3, 0.4) is 0 Å². The van der Waals surface area contributed by atoms with Crippen molar-refractivity contribution in [3.63, 3.8) is 0 Å². The van der Waals surface area contributed by atoms with Gasteiger partial charge in [-0.25, -0.2) is 9.13 Å². The second-order valence-electron chi connectivity index (χ2n) is 26.3. The summed E-state index contributed by atoms with van der Waals surface area (Å²) < 4.78 is 68.5. The number of unbranched alkanes of at least 4 members (excludes halogenated alkanes) is 32. The van der Waals surface area contributed by atoms with Crippen molar-refractivity contribution in [2.75, 3.05) is 39.6 Å². The average molecular weight is 1450 g/mol. The number of aliphatic hydroxyl groups is 1. The Balaban J connectivity index is 5.40. The molecule has 0 aliphatic heterocycles. The van der Waals surface area contributed by atoms with Crippen LogP contribution in [0.2, 0.25) is 0 Å². The van der Waals surface area contributed by atoms with Gasteiger partial charge in [0, 0.05) is 25.7 Å². The Labute approximate surface area is 607 Å². The van der Waals surface area contributed by atoms with Crippen LogP contribution in [-0.4, -0.2) is 96.7 Å². The van der Waals surface area contributed by atoms with Gasteiger partial charge in [-0.1, -0.05) is 253 Å². The first kappa shape index (κ1) is 96.0. The molecule has 578 valence electrons. The van der Waals surface area contributed by atoms with Gasteiger partial charge in [0.15, 0.2) is 12.2 Å². The van der Waals surface area contributed by atoms with E-state index < -0.39 is 97.5 Å². The summed E-state index contributed by atoms with van der Waals surface area (Å²) in [6.07, 6.45) is 76.6. The minimum Gasteiger partial charge on any atom is -0.462 e. The van der Waals surface area contributed by atoms with Crippen molar-refractivity contribution < 1.29 is 80.2 Å². The lowest BCUT2D eigenvalue weighted by atomic mass is 10.1. The Kier molecular flexibility index (Phi) is 70.4. The predicted octanol–water partition coefficient (Wildman–Crippen LogP) is 22.8. The van der Waals surface area contributed by atoms with Crippen LogP contribution in [0.15, 0.2) is 97.2 Å². The predicted molar refractivity (Wildman–Crippen MR) is 409 cm³/mol. The second-order valence-corrected chi connectivity index (χ2v) is 29.2. The molecule has 0 amide bonds. The quantitative estimate of drug-likeness (QED) is 0.0169. The van der Waals surface area contributed by atoms with Gasteiger partial charge < -0.3 is 33.8 Å². The number of allylic oxidation sites excluding steroid dienone is 16. The van der Waals surface area contributed by atoms with Gasteiger partial charge in [-0.2, -0.15) is 0 Å². The molecule has 0 aromatic rings. The highest BCUT2D eigenvalue weighted by atomic mass is 31.2. The van der Waals surface area contributed by atoms with Gasteiger partial charge in [-0.3, -0.25) is 37.3 Å². The first-order chi connectivity index (χ1) is 48.7. The van der Waals surface area contributed by atoms with Gasteiger partial charge in [-0.15, -0.1) is 0 Å². The number of carbonyl (C=O) groups is 4. The molecular weight excluding hydrogens is 1310 g/mol. The van der Waals surface area contributed by atoms with E-state index in [4.69, 9.17) is 37.0 Å². The monoisotopic (exact) mass is 1450 g/mol. The normalized spacial score (nSPS) is 14.4. The number of hydrogen-bond acceptors (Lipinski definition) is 15. The highest BCUT2D eigenvalue weighted by Gasteiger charge is 2.30. The maximum Gasteiger partial charge on any atom is 0.472 e. The van der Waals surface area contributed by atoms with Crippen LogP contribution >= 0.6 is 15.6 Å². The zero-order valence-corrected chi connectivity index (χ0v) is 64.9. The molecule has 19 heteroatoms. The maximum atomic E-state index is 13.1. The average Bonchev–Trinajstić information content (AvgIpc) is 1.01. The van der Waals surface area contributed by atoms with Crippen molar-refractivity contribution in [3.8, 4) is 0 Å². The van der Waals surface area contributed by atoms with Gasteiger partial charge in [0.2, 0.25) is 0 Å². The number of aliphatic hydroxyl groups excluding tert-OH is 1. The van der Waals surface area contributed by atoms with Crippen LogP contribution in [0, 0.1) is 0 Å². The zero-order chi connectivity index (χ0) is 73.2. The highest BCUT2D eigenvalue weighted by Crippen LogP contribution is 2.45. The molecule has 0 fully saturated rings. The number of carbonyl (C=O) groups excluding carboxylic acids is 4. The molecule has 17 nitrogen and oxygen atoms in total. The molecule has 0 aromatic heterocycles. The lowest BCUT2D eigenvalue weighted by Crippen LogP contribution is -2.30. The fourth-order valence-electron chi connectivity index (χ4n) is 10.4. The molecule has 5 atom stereocenters. The minimum absolute atomic E-state index is 0.0756. The molecule has 0 aliphatic rings. The van der Waals surface area contributed by atoms with Crippen LogP contribution in [0.25, 0.3) is 0 Å². The van der Waals surface area contributed by atoms with E-state index >= 15 is 0 Å². The van der Waals surface area contributed by atoms with E-state index in [-0.39, 0.29) is 25.7 Å². The molecule has 0 radical (unpaired) electrons. The van der Waals surface area contributed by atoms with E-state index in [0.717, 1.165) is 180 Å². The topological polar surface area (TPSA) is 237 Å². The van der Waals surface area contributed by atoms with Gasteiger partial charge in [0.05, 0.1) is 26.4 Å². The molecule has 0 rings (SSSR count). The summed E-state index contributed by atoms with van der Waals surface area (Å²) in [6.45, 7) is 4.74. The van der Waals surface area contributed by atoms with Crippen LogP contribution in [0.5, 0.6) is 0 Å². The minimum atomic E-state index is -4.98. The fraction of sp³-hybridized carbons (Fsp3) is 0.753. The number of phosphoric acid groups is 2. The van der Waals surface area contributed by atoms with E-state index in [2.05, 4.69) is 125 Å². The summed E-state index contributed by atoms with van der Waals surface area (Å²) in [5.74, 6) is -2.22. The van der Waals surface area contributed by atoms with Crippen molar-refractivity contribution in [2.24, 2.45) is 0 Å². The molecule has 3 N–H and O–H groups in total.